The highest BCUT2D eigenvalue weighted by Gasteiger charge is 2.53. The Kier molecular flexibility index (Phi) is 2.05. The molecule has 2 rings (SSSR count). The van der Waals surface area contributed by atoms with Gasteiger partial charge in [0.25, 0.3) is 0 Å². The summed E-state index contributed by atoms with van der Waals surface area (Å²) in [7, 11) is 0. The highest BCUT2D eigenvalue weighted by molar-refractivity contribution is 5.35. The van der Waals surface area contributed by atoms with Crippen LogP contribution in [0.15, 0.2) is 11.6 Å². The van der Waals surface area contributed by atoms with Crippen LogP contribution in [0.4, 0.5) is 0 Å². The number of allylic oxidation sites excluding steroid dienone is 2. The van der Waals surface area contributed by atoms with E-state index < -0.39 is 0 Å². The molecule has 0 bridgehead atoms. The van der Waals surface area contributed by atoms with Crippen LogP contribution >= 0.6 is 0 Å². The van der Waals surface area contributed by atoms with E-state index in [1.54, 1.807) is 5.57 Å². The van der Waals surface area contributed by atoms with Crippen molar-refractivity contribution in [3.63, 3.8) is 0 Å². The lowest BCUT2D eigenvalue weighted by Gasteiger charge is -2.34. The summed E-state index contributed by atoms with van der Waals surface area (Å²) in [5.74, 6) is 2.68. The molecule has 0 nitrogen and oxygen atoms in total. The van der Waals surface area contributed by atoms with Gasteiger partial charge in [0.15, 0.2) is 0 Å². The Labute approximate surface area is 82.4 Å². The topological polar surface area (TPSA) is 0 Å². The molecule has 4 unspecified atom stereocenters. The van der Waals surface area contributed by atoms with Crippen LogP contribution in [0, 0.1) is 23.2 Å². The fourth-order valence-electron chi connectivity index (χ4n) is 3.76. The van der Waals surface area contributed by atoms with Gasteiger partial charge in [0.1, 0.15) is 0 Å². The smallest absolute Gasteiger partial charge is 0.00829 e. The number of hydrogen-bond donors (Lipinski definition) is 0. The van der Waals surface area contributed by atoms with E-state index >= 15 is 0 Å². The maximum Gasteiger partial charge on any atom is -0.00829 e. The van der Waals surface area contributed by atoms with E-state index in [0.29, 0.717) is 5.41 Å². The van der Waals surface area contributed by atoms with Crippen LogP contribution in [-0.2, 0) is 0 Å². The van der Waals surface area contributed by atoms with E-state index in [1.165, 1.54) is 19.3 Å². The van der Waals surface area contributed by atoms with Gasteiger partial charge in [-0.2, -0.15) is 0 Å². The molecule has 0 spiro atoms. The van der Waals surface area contributed by atoms with E-state index in [4.69, 9.17) is 0 Å². The second-order valence-electron chi connectivity index (χ2n) is 5.52. The Morgan fingerprint density at radius 3 is 2.77 bits per heavy atom. The zero-order valence-corrected chi connectivity index (χ0v) is 9.43. The molecule has 0 aromatic rings. The Hall–Kier alpha value is -0.260. The quantitative estimate of drug-likeness (QED) is 0.560. The summed E-state index contributed by atoms with van der Waals surface area (Å²) in [5, 5.41) is 0. The summed E-state index contributed by atoms with van der Waals surface area (Å²) >= 11 is 0. The normalized spacial score (nSPS) is 48.3. The van der Waals surface area contributed by atoms with Crippen LogP contribution in [0.5, 0.6) is 0 Å². The zero-order valence-electron chi connectivity index (χ0n) is 9.43. The van der Waals surface area contributed by atoms with E-state index in [2.05, 4.69) is 33.8 Å². The molecule has 0 aromatic heterocycles. The molecule has 2 aliphatic rings. The van der Waals surface area contributed by atoms with Gasteiger partial charge in [0, 0.05) is 0 Å². The van der Waals surface area contributed by atoms with Crippen LogP contribution < -0.4 is 0 Å². The Morgan fingerprint density at radius 1 is 1.46 bits per heavy atom. The zero-order chi connectivity index (χ0) is 9.64. The van der Waals surface area contributed by atoms with Gasteiger partial charge in [-0.3, -0.25) is 0 Å². The monoisotopic (exact) mass is 178 g/mol. The minimum absolute atomic E-state index is 0.637. The molecule has 0 heteroatoms. The predicted octanol–water partition coefficient (Wildman–Crippen LogP) is 4.02. The van der Waals surface area contributed by atoms with Crippen LogP contribution in [-0.4, -0.2) is 0 Å². The van der Waals surface area contributed by atoms with Crippen molar-refractivity contribution in [1.29, 1.82) is 0 Å². The van der Waals surface area contributed by atoms with E-state index in [9.17, 15) is 0 Å². The fraction of sp³-hybridized carbons (Fsp3) is 0.846. The van der Waals surface area contributed by atoms with Crippen molar-refractivity contribution in [2.24, 2.45) is 23.2 Å². The average Bonchev–Trinajstić information content (AvgIpc) is 2.61. The molecule has 13 heavy (non-hydrogen) atoms. The van der Waals surface area contributed by atoms with E-state index in [-0.39, 0.29) is 0 Å². The number of hydrogen-bond acceptors (Lipinski definition) is 0. The summed E-state index contributed by atoms with van der Waals surface area (Å²) in [6.07, 6.45) is 6.72. The standard InChI is InChI=1S/C13H22/c1-5-6-13(4)8-9(2)7-11-10(3)12(11)13/h7,9-10,12H,5-6,8H2,1-4H3. The molecule has 74 valence electrons. The molecular formula is C13H22. The number of fused-ring (bicyclic) bond motifs is 1. The minimum atomic E-state index is 0.637. The Bertz CT molecular complexity index is 238. The predicted molar refractivity (Wildman–Crippen MR) is 57.5 cm³/mol. The van der Waals surface area contributed by atoms with Crippen molar-refractivity contribution in [2.45, 2.75) is 47.0 Å². The summed E-state index contributed by atoms with van der Waals surface area (Å²) < 4.78 is 0. The third-order valence-corrected chi connectivity index (χ3v) is 4.11. The van der Waals surface area contributed by atoms with Gasteiger partial charge < -0.3 is 0 Å². The van der Waals surface area contributed by atoms with Crippen LogP contribution in [0.25, 0.3) is 0 Å². The van der Waals surface area contributed by atoms with Crippen molar-refractivity contribution in [3.05, 3.63) is 11.6 Å². The van der Waals surface area contributed by atoms with Crippen molar-refractivity contribution >= 4 is 0 Å². The van der Waals surface area contributed by atoms with Crippen molar-refractivity contribution in [3.8, 4) is 0 Å². The van der Waals surface area contributed by atoms with E-state index in [1.807, 2.05) is 0 Å². The summed E-state index contributed by atoms with van der Waals surface area (Å²) in [5.41, 5.74) is 2.41. The lowest BCUT2D eigenvalue weighted by atomic mass is 9.71. The third kappa shape index (κ3) is 1.35. The lowest BCUT2D eigenvalue weighted by molar-refractivity contribution is 0.192. The minimum Gasteiger partial charge on any atom is -0.0819 e. The van der Waals surface area contributed by atoms with Gasteiger partial charge in [-0.05, 0) is 36.0 Å². The highest BCUT2D eigenvalue weighted by Crippen LogP contribution is 2.62. The van der Waals surface area contributed by atoms with Crippen LogP contribution in [0.1, 0.15) is 47.0 Å². The molecule has 0 aromatic carbocycles. The Balaban J connectivity index is 2.19. The maximum absolute atomic E-state index is 2.53. The fourth-order valence-corrected chi connectivity index (χ4v) is 3.76. The van der Waals surface area contributed by atoms with Gasteiger partial charge >= 0.3 is 0 Å². The average molecular weight is 178 g/mol. The molecule has 0 saturated heterocycles. The molecule has 0 radical (unpaired) electrons. The molecule has 4 atom stereocenters. The van der Waals surface area contributed by atoms with Gasteiger partial charge in [0.2, 0.25) is 0 Å². The number of rotatable bonds is 2. The molecule has 2 aliphatic carbocycles. The largest absolute Gasteiger partial charge is 0.0819 e. The second kappa shape index (κ2) is 2.87. The highest BCUT2D eigenvalue weighted by atomic mass is 14.6. The lowest BCUT2D eigenvalue weighted by Crippen LogP contribution is -2.24. The first-order chi connectivity index (χ1) is 6.08. The molecule has 0 aliphatic heterocycles. The summed E-state index contributed by atoms with van der Waals surface area (Å²) in [6, 6.07) is 0. The van der Waals surface area contributed by atoms with Gasteiger partial charge in [-0.1, -0.05) is 45.8 Å². The third-order valence-electron chi connectivity index (χ3n) is 4.11. The van der Waals surface area contributed by atoms with E-state index in [0.717, 1.165) is 17.8 Å². The van der Waals surface area contributed by atoms with Crippen molar-refractivity contribution < 1.29 is 0 Å². The molecular weight excluding hydrogens is 156 g/mol. The maximum atomic E-state index is 2.53. The Morgan fingerprint density at radius 2 is 2.15 bits per heavy atom. The first-order valence-electron chi connectivity index (χ1n) is 5.80. The molecule has 0 amide bonds. The first kappa shape index (κ1) is 9.30. The summed E-state index contributed by atoms with van der Waals surface area (Å²) in [6.45, 7) is 9.61. The van der Waals surface area contributed by atoms with Crippen LogP contribution in [0.2, 0.25) is 0 Å². The van der Waals surface area contributed by atoms with Gasteiger partial charge in [0.05, 0.1) is 0 Å². The summed E-state index contributed by atoms with van der Waals surface area (Å²) in [4.78, 5) is 0. The molecule has 1 fully saturated rings. The SMILES string of the molecule is CCCC1(C)CC(C)C=C2C(C)C21. The molecule has 0 N–H and O–H groups in total. The first-order valence-corrected chi connectivity index (χ1v) is 5.80. The van der Waals surface area contributed by atoms with Crippen molar-refractivity contribution in [1.82, 2.24) is 0 Å². The van der Waals surface area contributed by atoms with Gasteiger partial charge in [-0.15, -0.1) is 0 Å². The molecule has 0 heterocycles. The van der Waals surface area contributed by atoms with Crippen LogP contribution in [0.3, 0.4) is 0 Å². The second-order valence-corrected chi connectivity index (χ2v) is 5.52. The van der Waals surface area contributed by atoms with Gasteiger partial charge in [-0.25, -0.2) is 0 Å². The van der Waals surface area contributed by atoms with Crippen molar-refractivity contribution in [2.75, 3.05) is 0 Å². The molecule has 1 saturated carbocycles.